The first kappa shape index (κ1) is 12.0. The molecule has 92 valence electrons. The van der Waals surface area contributed by atoms with Gasteiger partial charge in [-0.25, -0.2) is 0 Å². The normalized spacial score (nSPS) is 19.9. The van der Waals surface area contributed by atoms with E-state index in [2.05, 4.69) is 17.1 Å². The lowest BCUT2D eigenvalue weighted by atomic mass is 10.1. The second-order valence-corrected chi connectivity index (χ2v) is 5.08. The molecule has 1 aromatic rings. The number of nitrogens with zero attached hydrogens (tertiary/aromatic N) is 3. The maximum atomic E-state index is 11.7. The maximum Gasteiger partial charge on any atom is 0.229 e. The van der Waals surface area contributed by atoms with Gasteiger partial charge in [-0.1, -0.05) is 18.3 Å². The minimum Gasteiger partial charge on any atom is -0.369 e. The van der Waals surface area contributed by atoms with Crippen molar-refractivity contribution in [1.82, 2.24) is 10.2 Å². The van der Waals surface area contributed by atoms with Crippen molar-refractivity contribution in [2.45, 2.75) is 26.2 Å². The minimum absolute atomic E-state index is 0.104. The van der Waals surface area contributed by atoms with E-state index in [4.69, 9.17) is 5.73 Å². The lowest BCUT2D eigenvalue weighted by Gasteiger charge is -2.10. The first-order chi connectivity index (χ1) is 8.11. The second-order valence-electron chi connectivity index (χ2n) is 4.04. The number of carbonyl (C=O) groups is 2. The van der Waals surface area contributed by atoms with Gasteiger partial charge in [0, 0.05) is 19.4 Å². The van der Waals surface area contributed by atoms with E-state index in [1.165, 1.54) is 16.2 Å². The van der Waals surface area contributed by atoms with Gasteiger partial charge in [-0.3, -0.25) is 14.5 Å². The Labute approximate surface area is 103 Å². The summed E-state index contributed by atoms with van der Waals surface area (Å²) in [6.45, 7) is 2.39. The van der Waals surface area contributed by atoms with Gasteiger partial charge in [0.15, 0.2) is 0 Å². The smallest absolute Gasteiger partial charge is 0.229 e. The van der Waals surface area contributed by atoms with Crippen molar-refractivity contribution >= 4 is 28.3 Å². The Morgan fingerprint density at radius 3 is 2.94 bits per heavy atom. The van der Waals surface area contributed by atoms with Crippen LogP contribution in [0.5, 0.6) is 0 Å². The van der Waals surface area contributed by atoms with Crippen LogP contribution in [0.15, 0.2) is 0 Å². The SMILES string of the molecule is CCCc1nnc(N2CC(C(N)=O)CC2=O)s1. The number of nitrogens with two attached hydrogens (primary N) is 1. The van der Waals surface area contributed by atoms with Crippen LogP contribution in [-0.2, 0) is 16.0 Å². The van der Waals surface area contributed by atoms with Crippen molar-refractivity contribution in [1.29, 1.82) is 0 Å². The Morgan fingerprint density at radius 1 is 1.59 bits per heavy atom. The summed E-state index contributed by atoms with van der Waals surface area (Å²) in [5, 5.41) is 9.48. The van der Waals surface area contributed by atoms with E-state index in [1.807, 2.05) is 0 Å². The van der Waals surface area contributed by atoms with Crippen LogP contribution in [0.2, 0.25) is 0 Å². The van der Waals surface area contributed by atoms with Crippen molar-refractivity contribution in [3.63, 3.8) is 0 Å². The predicted octanol–water partition coefficient (Wildman–Crippen LogP) is 0.329. The first-order valence-corrected chi connectivity index (χ1v) is 6.35. The molecular formula is C10H14N4O2S. The number of hydrogen-bond acceptors (Lipinski definition) is 5. The molecule has 2 amide bonds. The summed E-state index contributed by atoms with van der Waals surface area (Å²) in [6.07, 6.45) is 2.03. The molecule has 0 radical (unpaired) electrons. The molecule has 7 heteroatoms. The van der Waals surface area contributed by atoms with Crippen LogP contribution in [0, 0.1) is 5.92 Å². The number of aromatic nitrogens is 2. The molecule has 0 aliphatic carbocycles. The zero-order valence-electron chi connectivity index (χ0n) is 9.55. The molecule has 1 aliphatic rings. The fourth-order valence-electron chi connectivity index (χ4n) is 1.75. The molecule has 0 bridgehead atoms. The molecule has 0 aromatic carbocycles. The number of amides is 2. The van der Waals surface area contributed by atoms with Crippen LogP contribution in [0.25, 0.3) is 0 Å². The molecule has 2 N–H and O–H groups in total. The van der Waals surface area contributed by atoms with Crippen molar-refractivity contribution in [2.75, 3.05) is 11.4 Å². The van der Waals surface area contributed by atoms with Crippen LogP contribution < -0.4 is 10.6 Å². The molecule has 1 aromatic heterocycles. The van der Waals surface area contributed by atoms with E-state index in [-0.39, 0.29) is 12.3 Å². The Balaban J connectivity index is 2.11. The summed E-state index contributed by atoms with van der Waals surface area (Å²) in [7, 11) is 0. The van der Waals surface area contributed by atoms with Gasteiger partial charge in [0.2, 0.25) is 16.9 Å². The van der Waals surface area contributed by atoms with Gasteiger partial charge in [0.1, 0.15) is 5.01 Å². The predicted molar refractivity (Wildman–Crippen MR) is 63.6 cm³/mol. The zero-order valence-corrected chi connectivity index (χ0v) is 10.4. The van der Waals surface area contributed by atoms with Gasteiger partial charge in [-0.05, 0) is 6.42 Å². The standard InChI is InChI=1S/C10H14N4O2S/c1-2-3-7-12-13-10(17-7)14-5-6(9(11)16)4-8(14)15/h6H,2-5H2,1H3,(H2,11,16). The highest BCUT2D eigenvalue weighted by Crippen LogP contribution is 2.27. The topological polar surface area (TPSA) is 89.2 Å². The number of primary amides is 1. The van der Waals surface area contributed by atoms with Crippen molar-refractivity contribution < 1.29 is 9.59 Å². The number of rotatable bonds is 4. The molecule has 2 rings (SSSR count). The van der Waals surface area contributed by atoms with Gasteiger partial charge in [0.25, 0.3) is 0 Å². The Morgan fingerprint density at radius 2 is 2.35 bits per heavy atom. The third-order valence-electron chi connectivity index (χ3n) is 2.68. The zero-order chi connectivity index (χ0) is 12.4. The van der Waals surface area contributed by atoms with Gasteiger partial charge in [-0.15, -0.1) is 10.2 Å². The summed E-state index contributed by atoms with van der Waals surface area (Å²) in [5.41, 5.74) is 5.20. The molecule has 1 aliphatic heterocycles. The molecule has 2 heterocycles. The van der Waals surface area contributed by atoms with Gasteiger partial charge in [-0.2, -0.15) is 0 Å². The molecule has 6 nitrogen and oxygen atoms in total. The Kier molecular flexibility index (Phi) is 3.37. The fraction of sp³-hybridized carbons (Fsp3) is 0.600. The summed E-state index contributed by atoms with van der Waals surface area (Å²) in [5.74, 6) is -0.937. The molecule has 0 saturated carbocycles. The lowest BCUT2D eigenvalue weighted by molar-refractivity contribution is -0.123. The van der Waals surface area contributed by atoms with E-state index < -0.39 is 11.8 Å². The molecule has 17 heavy (non-hydrogen) atoms. The summed E-state index contributed by atoms with van der Waals surface area (Å²) in [6, 6.07) is 0. The summed E-state index contributed by atoms with van der Waals surface area (Å²) < 4.78 is 0. The van der Waals surface area contributed by atoms with Crippen LogP contribution in [0.1, 0.15) is 24.8 Å². The fourth-order valence-corrected chi connectivity index (χ4v) is 2.72. The highest BCUT2D eigenvalue weighted by atomic mass is 32.1. The molecule has 1 unspecified atom stereocenters. The summed E-state index contributed by atoms with van der Waals surface area (Å²) >= 11 is 1.40. The van der Waals surface area contributed by atoms with Crippen LogP contribution in [0.4, 0.5) is 5.13 Å². The number of hydrogen-bond donors (Lipinski definition) is 1. The highest BCUT2D eigenvalue weighted by Gasteiger charge is 2.35. The molecule has 0 spiro atoms. The number of anilines is 1. The van der Waals surface area contributed by atoms with Crippen molar-refractivity contribution in [3.05, 3.63) is 5.01 Å². The van der Waals surface area contributed by atoms with E-state index in [0.717, 1.165) is 17.8 Å². The highest BCUT2D eigenvalue weighted by molar-refractivity contribution is 7.15. The number of carbonyl (C=O) groups excluding carboxylic acids is 2. The van der Waals surface area contributed by atoms with Gasteiger partial charge < -0.3 is 5.73 Å². The quantitative estimate of drug-likeness (QED) is 0.838. The Bertz CT molecular complexity index is 445. The van der Waals surface area contributed by atoms with Gasteiger partial charge >= 0.3 is 0 Å². The van der Waals surface area contributed by atoms with E-state index >= 15 is 0 Å². The molecule has 1 saturated heterocycles. The second kappa shape index (κ2) is 4.79. The third-order valence-corrected chi connectivity index (χ3v) is 3.68. The largest absolute Gasteiger partial charge is 0.369 e. The molecule has 1 fully saturated rings. The van der Waals surface area contributed by atoms with E-state index in [9.17, 15) is 9.59 Å². The van der Waals surface area contributed by atoms with Crippen molar-refractivity contribution in [2.24, 2.45) is 11.7 Å². The third kappa shape index (κ3) is 2.44. The van der Waals surface area contributed by atoms with Crippen LogP contribution >= 0.6 is 11.3 Å². The average Bonchev–Trinajstić information content (AvgIpc) is 2.85. The van der Waals surface area contributed by atoms with Crippen LogP contribution in [-0.4, -0.2) is 28.6 Å². The minimum atomic E-state index is -0.431. The molecule has 1 atom stereocenters. The van der Waals surface area contributed by atoms with Crippen molar-refractivity contribution in [3.8, 4) is 0 Å². The monoisotopic (exact) mass is 254 g/mol. The Hall–Kier alpha value is -1.50. The van der Waals surface area contributed by atoms with E-state index in [1.54, 1.807) is 0 Å². The van der Waals surface area contributed by atoms with Gasteiger partial charge in [0.05, 0.1) is 5.92 Å². The molecular weight excluding hydrogens is 240 g/mol. The summed E-state index contributed by atoms with van der Waals surface area (Å²) in [4.78, 5) is 24.3. The lowest BCUT2D eigenvalue weighted by Crippen LogP contribution is -2.28. The number of aryl methyl sites for hydroxylation is 1. The maximum absolute atomic E-state index is 11.7. The van der Waals surface area contributed by atoms with E-state index in [0.29, 0.717) is 11.7 Å². The first-order valence-electron chi connectivity index (χ1n) is 5.54. The average molecular weight is 254 g/mol. The van der Waals surface area contributed by atoms with Crippen LogP contribution in [0.3, 0.4) is 0 Å².